The van der Waals surface area contributed by atoms with E-state index in [1.807, 2.05) is 0 Å². The molecule has 5 heteroatoms. The van der Waals surface area contributed by atoms with Crippen LogP contribution in [0.5, 0.6) is 0 Å². The minimum Gasteiger partial charge on any atom is -0.469 e. The van der Waals surface area contributed by atoms with E-state index in [0.717, 1.165) is 6.92 Å². The van der Waals surface area contributed by atoms with E-state index in [4.69, 9.17) is 4.42 Å². The highest BCUT2D eigenvalue weighted by atomic mass is 19.3. The molecule has 1 aromatic heterocycles. The fourth-order valence-corrected chi connectivity index (χ4v) is 1.70. The fourth-order valence-electron chi connectivity index (χ4n) is 1.70. The molecule has 0 saturated heterocycles. The molecule has 1 amide bonds. The van der Waals surface area contributed by atoms with Crippen molar-refractivity contribution in [1.29, 1.82) is 0 Å². The minimum atomic E-state index is -2.89. The van der Waals surface area contributed by atoms with Crippen LogP contribution < -0.4 is 5.32 Å². The second-order valence-electron chi connectivity index (χ2n) is 4.32. The molecule has 1 N–H and O–H groups in total. The van der Waals surface area contributed by atoms with Gasteiger partial charge >= 0.3 is 0 Å². The van der Waals surface area contributed by atoms with Gasteiger partial charge in [0.1, 0.15) is 11.3 Å². The van der Waals surface area contributed by atoms with E-state index in [-0.39, 0.29) is 0 Å². The van der Waals surface area contributed by atoms with Gasteiger partial charge in [-0.25, -0.2) is 8.78 Å². The van der Waals surface area contributed by atoms with Gasteiger partial charge in [-0.05, 0) is 25.8 Å². The third kappa shape index (κ3) is 1.70. The Morgan fingerprint density at radius 1 is 1.56 bits per heavy atom. The van der Waals surface area contributed by atoms with E-state index in [0.29, 0.717) is 24.2 Å². The van der Waals surface area contributed by atoms with Gasteiger partial charge in [0.05, 0.1) is 11.8 Å². The van der Waals surface area contributed by atoms with Crippen LogP contribution in [-0.4, -0.2) is 17.4 Å². The first kappa shape index (κ1) is 11.1. The Morgan fingerprint density at radius 2 is 2.19 bits per heavy atom. The second-order valence-corrected chi connectivity index (χ2v) is 4.32. The average Bonchev–Trinajstić information content (AvgIpc) is 2.81. The van der Waals surface area contributed by atoms with E-state index in [1.165, 1.54) is 12.3 Å². The van der Waals surface area contributed by atoms with Gasteiger partial charge in [-0.1, -0.05) is 0 Å². The van der Waals surface area contributed by atoms with Crippen LogP contribution in [0.4, 0.5) is 8.78 Å². The molecule has 0 atom stereocenters. The standard InChI is InChI=1S/C11H13F2NO2/c1-7-8(3-6-16-7)9(15)14-11(4-5-11)10(2,12)13/h3,6H,4-5H2,1-2H3,(H,14,15). The van der Waals surface area contributed by atoms with Crippen molar-refractivity contribution in [2.45, 2.75) is 38.2 Å². The Balaban J connectivity index is 2.13. The molecule has 1 heterocycles. The van der Waals surface area contributed by atoms with Crippen molar-refractivity contribution in [2.24, 2.45) is 0 Å². The molecule has 1 saturated carbocycles. The summed E-state index contributed by atoms with van der Waals surface area (Å²) in [5.74, 6) is -2.95. The Labute approximate surface area is 91.8 Å². The molecule has 0 aromatic carbocycles. The van der Waals surface area contributed by atoms with E-state index in [9.17, 15) is 13.6 Å². The molecule has 2 rings (SSSR count). The quantitative estimate of drug-likeness (QED) is 0.865. The maximum atomic E-state index is 13.2. The zero-order valence-electron chi connectivity index (χ0n) is 9.14. The number of carbonyl (C=O) groups is 1. The van der Waals surface area contributed by atoms with Gasteiger partial charge < -0.3 is 9.73 Å². The van der Waals surface area contributed by atoms with Gasteiger partial charge in [-0.2, -0.15) is 0 Å². The third-order valence-corrected chi connectivity index (χ3v) is 3.05. The Hall–Kier alpha value is -1.39. The summed E-state index contributed by atoms with van der Waals surface area (Å²) in [5.41, 5.74) is -1.04. The van der Waals surface area contributed by atoms with Crippen LogP contribution in [0.3, 0.4) is 0 Å². The summed E-state index contributed by atoms with van der Waals surface area (Å²) in [6, 6.07) is 1.48. The molecule has 0 bridgehead atoms. The first-order chi connectivity index (χ1) is 7.36. The monoisotopic (exact) mass is 229 g/mol. The average molecular weight is 229 g/mol. The van der Waals surface area contributed by atoms with Crippen LogP contribution in [0.25, 0.3) is 0 Å². The van der Waals surface area contributed by atoms with Crippen molar-refractivity contribution in [2.75, 3.05) is 0 Å². The van der Waals surface area contributed by atoms with Gasteiger partial charge in [-0.15, -0.1) is 0 Å². The molecule has 0 unspecified atom stereocenters. The topological polar surface area (TPSA) is 42.2 Å². The molecule has 1 fully saturated rings. The number of halogens is 2. The zero-order chi connectivity index (χ0) is 12.0. The summed E-state index contributed by atoms with van der Waals surface area (Å²) in [6.07, 6.45) is 2.01. The van der Waals surface area contributed by atoms with E-state index < -0.39 is 17.4 Å². The molecule has 0 radical (unpaired) electrons. The lowest BCUT2D eigenvalue weighted by Crippen LogP contribution is -2.48. The number of nitrogens with one attached hydrogen (secondary N) is 1. The van der Waals surface area contributed by atoms with Crippen molar-refractivity contribution in [3.05, 3.63) is 23.7 Å². The van der Waals surface area contributed by atoms with Gasteiger partial charge in [-0.3, -0.25) is 4.79 Å². The normalized spacial score (nSPS) is 18.2. The molecule has 0 spiro atoms. The number of carbonyl (C=O) groups excluding carboxylic acids is 1. The highest BCUT2D eigenvalue weighted by Crippen LogP contribution is 2.47. The van der Waals surface area contributed by atoms with Crippen LogP contribution in [-0.2, 0) is 0 Å². The Bertz CT molecular complexity index is 416. The summed E-state index contributed by atoms with van der Waals surface area (Å²) in [7, 11) is 0. The summed E-state index contributed by atoms with van der Waals surface area (Å²) >= 11 is 0. The molecule has 1 aliphatic rings. The van der Waals surface area contributed by atoms with Crippen molar-refractivity contribution >= 4 is 5.91 Å². The zero-order valence-corrected chi connectivity index (χ0v) is 9.14. The number of alkyl halides is 2. The SMILES string of the molecule is Cc1occc1C(=O)NC1(C(C)(F)F)CC1. The van der Waals surface area contributed by atoms with Crippen molar-refractivity contribution in [1.82, 2.24) is 5.32 Å². The van der Waals surface area contributed by atoms with Gasteiger partial charge in [0.15, 0.2) is 0 Å². The predicted molar refractivity (Wildman–Crippen MR) is 53.5 cm³/mol. The highest BCUT2D eigenvalue weighted by molar-refractivity contribution is 5.95. The second kappa shape index (κ2) is 3.30. The number of furan rings is 1. The molecule has 3 nitrogen and oxygen atoms in total. The molecular formula is C11H13F2NO2. The molecule has 88 valence electrons. The summed E-state index contributed by atoms with van der Waals surface area (Å²) in [4.78, 5) is 11.7. The molecule has 1 aliphatic carbocycles. The van der Waals surface area contributed by atoms with E-state index in [1.54, 1.807) is 6.92 Å². The minimum absolute atomic E-state index is 0.315. The number of hydrogen-bond acceptors (Lipinski definition) is 2. The summed E-state index contributed by atoms with van der Waals surface area (Å²) in [5, 5.41) is 2.40. The van der Waals surface area contributed by atoms with E-state index in [2.05, 4.69) is 5.32 Å². The Morgan fingerprint density at radius 3 is 2.56 bits per heavy atom. The fraction of sp³-hybridized carbons (Fsp3) is 0.545. The van der Waals surface area contributed by atoms with Crippen molar-refractivity contribution in [3.63, 3.8) is 0 Å². The maximum absolute atomic E-state index is 13.2. The van der Waals surface area contributed by atoms with E-state index >= 15 is 0 Å². The molecule has 0 aliphatic heterocycles. The number of hydrogen-bond donors (Lipinski definition) is 1. The summed E-state index contributed by atoms with van der Waals surface area (Å²) in [6.45, 7) is 2.46. The lowest BCUT2D eigenvalue weighted by Gasteiger charge is -2.24. The van der Waals surface area contributed by atoms with Gasteiger partial charge in [0.25, 0.3) is 11.8 Å². The van der Waals surface area contributed by atoms with Gasteiger partial charge in [0, 0.05) is 6.92 Å². The third-order valence-electron chi connectivity index (χ3n) is 3.05. The van der Waals surface area contributed by atoms with Crippen LogP contribution in [0.15, 0.2) is 16.7 Å². The smallest absolute Gasteiger partial charge is 0.267 e. The first-order valence-electron chi connectivity index (χ1n) is 5.10. The largest absolute Gasteiger partial charge is 0.469 e. The van der Waals surface area contributed by atoms with Crippen LogP contribution in [0.1, 0.15) is 35.9 Å². The lowest BCUT2D eigenvalue weighted by molar-refractivity contribution is -0.0281. The number of rotatable bonds is 3. The molecule has 1 aromatic rings. The number of amides is 1. The highest BCUT2D eigenvalue weighted by Gasteiger charge is 2.60. The molecule has 16 heavy (non-hydrogen) atoms. The predicted octanol–water partition coefficient (Wildman–Crippen LogP) is 2.51. The Kier molecular flexibility index (Phi) is 2.29. The number of aryl methyl sites for hydroxylation is 1. The lowest BCUT2D eigenvalue weighted by atomic mass is 10.1. The van der Waals surface area contributed by atoms with Crippen molar-refractivity contribution in [3.8, 4) is 0 Å². The van der Waals surface area contributed by atoms with Crippen LogP contribution >= 0.6 is 0 Å². The van der Waals surface area contributed by atoms with Crippen molar-refractivity contribution < 1.29 is 18.0 Å². The summed E-state index contributed by atoms with van der Waals surface area (Å²) < 4.78 is 31.4. The van der Waals surface area contributed by atoms with Gasteiger partial charge in [0.2, 0.25) is 0 Å². The maximum Gasteiger partial charge on any atom is 0.267 e. The van der Waals surface area contributed by atoms with Crippen LogP contribution in [0.2, 0.25) is 0 Å². The first-order valence-corrected chi connectivity index (χ1v) is 5.10. The van der Waals surface area contributed by atoms with Crippen LogP contribution in [0, 0.1) is 6.92 Å². The molecular weight excluding hydrogens is 216 g/mol.